The van der Waals surface area contributed by atoms with Crippen LogP contribution in [0.15, 0.2) is 75.6 Å². The standard InChI is InChI=1S/C25H36F3N5O/c1-5-7-21(13-29)33-15-17(3)23(24(30)32-33)20-11-10-19(22(12-20)34-4)9-8-18(6-2)14-31-16-25(26,27)28/h5-7,10-11,13-14,17,20,32H,8-9,12,15-16,29-30H2,1-4H3/b7-5-,18-6-,21-13+,31-14-/t17-,20?/m1/s1. The van der Waals surface area contributed by atoms with Crippen molar-refractivity contribution in [1.82, 2.24) is 10.4 Å². The lowest BCUT2D eigenvalue weighted by molar-refractivity contribution is -0.118. The molecule has 2 atom stereocenters. The van der Waals surface area contributed by atoms with E-state index in [1.165, 1.54) is 6.21 Å². The van der Waals surface area contributed by atoms with Gasteiger partial charge in [0, 0.05) is 37.2 Å². The minimum atomic E-state index is -4.30. The normalized spacial score (nSPS) is 22.9. The average Bonchev–Trinajstić information content (AvgIpc) is 2.78. The predicted octanol–water partition coefficient (Wildman–Crippen LogP) is 4.83. The second-order valence-electron chi connectivity index (χ2n) is 8.35. The zero-order chi connectivity index (χ0) is 25.3. The molecule has 1 aliphatic carbocycles. The van der Waals surface area contributed by atoms with Gasteiger partial charge in [-0.2, -0.15) is 13.2 Å². The molecule has 0 amide bonds. The van der Waals surface area contributed by atoms with Gasteiger partial charge in [0.15, 0.2) is 0 Å². The molecule has 0 saturated carbocycles. The van der Waals surface area contributed by atoms with Crippen LogP contribution >= 0.6 is 0 Å². The Morgan fingerprint density at radius 2 is 2.09 bits per heavy atom. The Hall–Kier alpha value is -3.10. The largest absolute Gasteiger partial charge is 0.501 e. The number of nitrogens with one attached hydrogen (secondary N) is 1. The lowest BCUT2D eigenvalue weighted by Crippen LogP contribution is -2.48. The molecule has 0 aromatic carbocycles. The number of aliphatic imine (C=N–C) groups is 1. The van der Waals surface area contributed by atoms with Gasteiger partial charge >= 0.3 is 6.18 Å². The summed E-state index contributed by atoms with van der Waals surface area (Å²) < 4.78 is 42.7. The molecule has 0 fully saturated rings. The first-order valence-corrected chi connectivity index (χ1v) is 11.4. The molecule has 1 heterocycles. The zero-order valence-corrected chi connectivity index (χ0v) is 20.3. The molecule has 5 N–H and O–H groups in total. The summed E-state index contributed by atoms with van der Waals surface area (Å²) in [6.07, 6.45) is 10.2. The van der Waals surface area contributed by atoms with Crippen LogP contribution in [-0.2, 0) is 4.74 Å². The molecule has 2 rings (SSSR count). The second kappa shape index (κ2) is 12.4. The first-order valence-electron chi connectivity index (χ1n) is 11.4. The van der Waals surface area contributed by atoms with Gasteiger partial charge in [-0.3, -0.25) is 15.4 Å². The van der Waals surface area contributed by atoms with E-state index in [9.17, 15) is 13.2 Å². The summed E-state index contributed by atoms with van der Waals surface area (Å²) in [6.45, 7) is 5.41. The van der Waals surface area contributed by atoms with Crippen molar-refractivity contribution in [2.75, 3.05) is 20.2 Å². The van der Waals surface area contributed by atoms with Crippen molar-refractivity contribution in [3.8, 4) is 0 Å². The van der Waals surface area contributed by atoms with E-state index < -0.39 is 12.7 Å². The van der Waals surface area contributed by atoms with Crippen LogP contribution in [0.1, 0.15) is 40.0 Å². The van der Waals surface area contributed by atoms with Gasteiger partial charge in [-0.15, -0.1) is 0 Å². The van der Waals surface area contributed by atoms with Crippen molar-refractivity contribution < 1.29 is 17.9 Å². The summed E-state index contributed by atoms with van der Waals surface area (Å²) in [5.74, 6) is 1.75. The summed E-state index contributed by atoms with van der Waals surface area (Å²) in [6, 6.07) is 0. The summed E-state index contributed by atoms with van der Waals surface area (Å²) in [5.41, 5.74) is 19.2. The van der Waals surface area contributed by atoms with Crippen molar-refractivity contribution in [1.29, 1.82) is 0 Å². The molecule has 0 bridgehead atoms. The highest BCUT2D eigenvalue weighted by atomic mass is 19.4. The Balaban J connectivity index is 2.10. The van der Waals surface area contributed by atoms with Gasteiger partial charge in [-0.25, -0.2) is 0 Å². The van der Waals surface area contributed by atoms with Gasteiger partial charge in [0.25, 0.3) is 0 Å². The van der Waals surface area contributed by atoms with Gasteiger partial charge in [0.05, 0.1) is 18.6 Å². The van der Waals surface area contributed by atoms with Gasteiger partial charge in [0.1, 0.15) is 12.4 Å². The fraction of sp³-hybridized carbons (Fsp3) is 0.480. The Morgan fingerprint density at radius 3 is 2.65 bits per heavy atom. The molecular weight excluding hydrogens is 443 g/mol. The predicted molar refractivity (Wildman–Crippen MR) is 131 cm³/mol. The molecule has 1 unspecified atom stereocenters. The minimum absolute atomic E-state index is 0.0879. The van der Waals surface area contributed by atoms with E-state index >= 15 is 0 Å². The molecule has 9 heteroatoms. The van der Waals surface area contributed by atoms with E-state index in [4.69, 9.17) is 16.2 Å². The van der Waals surface area contributed by atoms with Crippen molar-refractivity contribution in [2.45, 2.75) is 46.2 Å². The fourth-order valence-electron chi connectivity index (χ4n) is 4.24. The molecule has 0 aromatic heterocycles. The third-order valence-electron chi connectivity index (χ3n) is 5.89. The van der Waals surface area contributed by atoms with Crippen molar-refractivity contribution >= 4 is 6.21 Å². The van der Waals surface area contributed by atoms with Crippen molar-refractivity contribution in [3.63, 3.8) is 0 Å². The molecular formula is C25H36F3N5O. The van der Waals surface area contributed by atoms with Crippen LogP contribution in [0.25, 0.3) is 0 Å². The average molecular weight is 480 g/mol. The van der Waals surface area contributed by atoms with E-state index in [1.807, 2.05) is 30.2 Å². The van der Waals surface area contributed by atoms with Crippen LogP contribution in [-0.4, -0.2) is 37.6 Å². The summed E-state index contributed by atoms with van der Waals surface area (Å²) in [7, 11) is 1.64. The number of nitrogens with two attached hydrogens (primary N) is 2. The molecule has 6 nitrogen and oxygen atoms in total. The summed E-state index contributed by atoms with van der Waals surface area (Å²) in [5, 5.41) is 1.94. The number of rotatable bonds is 9. The SMILES string of the molecule is C/C=C\C(=C/N)N1C[C@@H](C)C(C2C=CC(CCC(/C=N\CC(F)(F)F)=C/C)=C(OC)C2)=C(N)N1. The summed E-state index contributed by atoms with van der Waals surface area (Å²) >= 11 is 0. The second-order valence-corrected chi connectivity index (χ2v) is 8.35. The maximum Gasteiger partial charge on any atom is 0.407 e. The van der Waals surface area contributed by atoms with Crippen LogP contribution in [0.5, 0.6) is 0 Å². The molecule has 0 aromatic rings. The maximum absolute atomic E-state index is 12.3. The van der Waals surface area contributed by atoms with E-state index in [0.29, 0.717) is 31.6 Å². The third-order valence-corrected chi connectivity index (χ3v) is 5.89. The van der Waals surface area contributed by atoms with Crippen molar-refractivity contribution in [3.05, 3.63) is 70.6 Å². The van der Waals surface area contributed by atoms with E-state index in [1.54, 1.807) is 26.3 Å². The van der Waals surface area contributed by atoms with Gasteiger partial charge in [-0.1, -0.05) is 31.2 Å². The molecule has 2 aliphatic rings. The molecule has 188 valence electrons. The number of allylic oxidation sites excluding steroid dienone is 8. The van der Waals surface area contributed by atoms with Crippen LogP contribution in [0.3, 0.4) is 0 Å². The van der Waals surface area contributed by atoms with Crippen LogP contribution in [0.4, 0.5) is 13.2 Å². The number of nitrogens with zero attached hydrogens (tertiary/aromatic N) is 2. The lowest BCUT2D eigenvalue weighted by Gasteiger charge is -2.39. The monoisotopic (exact) mass is 479 g/mol. The highest BCUT2D eigenvalue weighted by Gasteiger charge is 2.31. The number of halogens is 3. The quantitative estimate of drug-likeness (QED) is 0.326. The van der Waals surface area contributed by atoms with Crippen LogP contribution in [0.2, 0.25) is 0 Å². The van der Waals surface area contributed by atoms with E-state index in [0.717, 1.165) is 28.2 Å². The van der Waals surface area contributed by atoms with Crippen LogP contribution < -0.4 is 16.9 Å². The van der Waals surface area contributed by atoms with E-state index in [2.05, 4.69) is 23.4 Å². The molecule has 0 radical (unpaired) electrons. The molecule has 0 saturated heterocycles. The van der Waals surface area contributed by atoms with Crippen LogP contribution in [0, 0.1) is 11.8 Å². The number of hydrogen-bond donors (Lipinski definition) is 3. The number of methoxy groups -OCH3 is 1. The highest BCUT2D eigenvalue weighted by Crippen LogP contribution is 2.36. The Bertz CT molecular complexity index is 925. The molecule has 0 spiro atoms. The maximum atomic E-state index is 12.3. The lowest BCUT2D eigenvalue weighted by atomic mass is 9.81. The first-order chi connectivity index (χ1) is 16.1. The first kappa shape index (κ1) is 27.1. The zero-order valence-electron chi connectivity index (χ0n) is 20.3. The topological polar surface area (TPSA) is 88.9 Å². The number of ether oxygens (including phenoxy) is 1. The summed E-state index contributed by atoms with van der Waals surface area (Å²) in [4.78, 5) is 3.51. The third kappa shape index (κ3) is 7.46. The Morgan fingerprint density at radius 1 is 1.35 bits per heavy atom. The van der Waals surface area contributed by atoms with Gasteiger partial charge in [-0.05, 0) is 49.5 Å². The minimum Gasteiger partial charge on any atom is -0.501 e. The fourth-order valence-corrected chi connectivity index (χ4v) is 4.24. The molecule has 1 aliphatic heterocycles. The smallest absolute Gasteiger partial charge is 0.407 e. The van der Waals surface area contributed by atoms with Gasteiger partial charge < -0.3 is 16.2 Å². The molecule has 34 heavy (non-hydrogen) atoms. The number of hydrogen-bond acceptors (Lipinski definition) is 6. The Kier molecular flexibility index (Phi) is 9.89. The number of hydrazine groups is 1. The van der Waals surface area contributed by atoms with E-state index in [-0.39, 0.29) is 11.8 Å². The Labute approximate surface area is 200 Å². The van der Waals surface area contributed by atoms with Gasteiger partial charge in [0.2, 0.25) is 0 Å². The number of alkyl halides is 3. The highest BCUT2D eigenvalue weighted by molar-refractivity contribution is 5.78. The van der Waals surface area contributed by atoms with Crippen molar-refractivity contribution in [2.24, 2.45) is 28.3 Å².